The molecule has 0 aliphatic carbocycles. The number of nitrogens with zero attached hydrogens (tertiary/aromatic N) is 3. The highest BCUT2D eigenvalue weighted by atomic mass is 35.5. The number of carbonyl (C=O) groups is 2. The predicted octanol–water partition coefficient (Wildman–Crippen LogP) is 5.30. The topological polar surface area (TPSA) is 98.1 Å². The van der Waals surface area contributed by atoms with E-state index in [9.17, 15) is 9.59 Å². The van der Waals surface area contributed by atoms with Crippen LogP contribution in [0.3, 0.4) is 0 Å². The molecule has 2 N–H and O–H groups in total. The monoisotopic (exact) mass is 503 g/mol. The van der Waals surface area contributed by atoms with Crippen molar-refractivity contribution in [3.63, 3.8) is 0 Å². The van der Waals surface area contributed by atoms with Gasteiger partial charge in [-0.1, -0.05) is 23.7 Å². The van der Waals surface area contributed by atoms with E-state index in [-0.39, 0.29) is 18.2 Å². The lowest BCUT2D eigenvalue weighted by molar-refractivity contribution is -0.115. The number of nitrogens with one attached hydrogen (secondary N) is 2. The molecule has 4 rings (SSSR count). The minimum absolute atomic E-state index is 0.145. The van der Waals surface area contributed by atoms with Gasteiger partial charge in [0.25, 0.3) is 5.91 Å². The zero-order valence-corrected chi connectivity index (χ0v) is 20.8. The van der Waals surface area contributed by atoms with Crippen LogP contribution in [0, 0.1) is 6.92 Å². The normalized spacial score (nSPS) is 10.8. The van der Waals surface area contributed by atoms with E-state index in [1.165, 1.54) is 0 Å². The number of pyridine rings is 1. The number of aromatic nitrogens is 3. The van der Waals surface area contributed by atoms with E-state index >= 15 is 0 Å². The van der Waals surface area contributed by atoms with Gasteiger partial charge in [0.05, 0.1) is 28.8 Å². The second kappa shape index (κ2) is 11.0. The van der Waals surface area contributed by atoms with Gasteiger partial charge in [0.2, 0.25) is 5.91 Å². The van der Waals surface area contributed by atoms with E-state index in [1.807, 2.05) is 19.1 Å². The standard InChI is InChI=1S/C27H26ClN5O3/c1-4-5-10-33-16-20(15-31-33)32-25(34)13-18-11-17(2)26(22(28)12-18)36-24-8-9-30-23-7-6-19(14-21(23)24)27(35)29-3/h4,6-9,11-12,14-16H,1,5,10,13H2,2-3H3,(H,29,35)(H,32,34). The maximum absolute atomic E-state index is 12.6. The quantitative estimate of drug-likeness (QED) is 0.302. The molecule has 0 fully saturated rings. The third kappa shape index (κ3) is 5.72. The van der Waals surface area contributed by atoms with Gasteiger partial charge in [0.15, 0.2) is 0 Å². The lowest BCUT2D eigenvalue weighted by Gasteiger charge is -2.14. The highest BCUT2D eigenvalue weighted by Crippen LogP contribution is 2.36. The number of hydrogen-bond acceptors (Lipinski definition) is 5. The number of amides is 2. The van der Waals surface area contributed by atoms with Crippen molar-refractivity contribution >= 4 is 40.0 Å². The zero-order chi connectivity index (χ0) is 25.7. The van der Waals surface area contributed by atoms with Gasteiger partial charge in [-0.2, -0.15) is 5.10 Å². The Bertz CT molecular complexity index is 1420. The van der Waals surface area contributed by atoms with Crippen LogP contribution in [0.4, 0.5) is 5.69 Å². The maximum atomic E-state index is 12.6. The Labute approximate surface area is 213 Å². The molecule has 8 nitrogen and oxygen atoms in total. The van der Waals surface area contributed by atoms with Crippen LogP contribution in [0.15, 0.2) is 67.6 Å². The molecule has 4 aromatic rings. The number of benzene rings is 2. The van der Waals surface area contributed by atoms with Crippen LogP contribution in [-0.2, 0) is 17.8 Å². The molecule has 0 spiro atoms. The molecule has 0 saturated carbocycles. The highest BCUT2D eigenvalue weighted by molar-refractivity contribution is 6.32. The Balaban J connectivity index is 1.51. The summed E-state index contributed by atoms with van der Waals surface area (Å²) in [5.74, 6) is 0.619. The first-order valence-corrected chi connectivity index (χ1v) is 11.8. The molecule has 2 heterocycles. The lowest BCUT2D eigenvalue weighted by atomic mass is 10.1. The summed E-state index contributed by atoms with van der Waals surface area (Å²) in [4.78, 5) is 29.0. The van der Waals surface area contributed by atoms with Crippen molar-refractivity contribution in [1.82, 2.24) is 20.1 Å². The van der Waals surface area contributed by atoms with E-state index in [4.69, 9.17) is 16.3 Å². The molecule has 2 aromatic heterocycles. The number of rotatable bonds is 9. The fraction of sp³-hybridized carbons (Fsp3) is 0.185. The summed E-state index contributed by atoms with van der Waals surface area (Å²) in [5, 5.41) is 10.8. The first kappa shape index (κ1) is 24.9. The fourth-order valence-corrected chi connectivity index (χ4v) is 4.13. The Hall–Kier alpha value is -4.17. The van der Waals surface area contributed by atoms with Crippen LogP contribution in [0.1, 0.15) is 27.9 Å². The molecule has 2 amide bonds. The number of allylic oxidation sites excluding steroid dienone is 1. The molecule has 0 atom stereocenters. The van der Waals surface area contributed by atoms with E-state index < -0.39 is 0 Å². The van der Waals surface area contributed by atoms with Gasteiger partial charge < -0.3 is 15.4 Å². The predicted molar refractivity (Wildman–Crippen MR) is 141 cm³/mol. The molecule has 184 valence electrons. The largest absolute Gasteiger partial charge is 0.455 e. The first-order chi connectivity index (χ1) is 17.4. The average molecular weight is 504 g/mol. The number of fused-ring (bicyclic) bond motifs is 1. The summed E-state index contributed by atoms with van der Waals surface area (Å²) < 4.78 is 7.94. The second-order valence-corrected chi connectivity index (χ2v) is 8.65. The van der Waals surface area contributed by atoms with E-state index in [0.29, 0.717) is 45.2 Å². The Morgan fingerprint density at radius 3 is 2.81 bits per heavy atom. The van der Waals surface area contributed by atoms with E-state index in [1.54, 1.807) is 60.7 Å². The van der Waals surface area contributed by atoms with Gasteiger partial charge >= 0.3 is 0 Å². The average Bonchev–Trinajstić information content (AvgIpc) is 3.31. The van der Waals surface area contributed by atoms with E-state index in [0.717, 1.165) is 17.5 Å². The Kier molecular flexibility index (Phi) is 7.65. The van der Waals surface area contributed by atoms with Crippen LogP contribution in [-0.4, -0.2) is 33.6 Å². The van der Waals surface area contributed by atoms with Crippen molar-refractivity contribution in [2.45, 2.75) is 26.3 Å². The summed E-state index contributed by atoms with van der Waals surface area (Å²) in [6.45, 7) is 6.27. The van der Waals surface area contributed by atoms with Crippen LogP contribution >= 0.6 is 11.6 Å². The van der Waals surface area contributed by atoms with Crippen molar-refractivity contribution < 1.29 is 14.3 Å². The smallest absolute Gasteiger partial charge is 0.251 e. The molecular weight excluding hydrogens is 478 g/mol. The number of anilines is 1. The fourth-order valence-electron chi connectivity index (χ4n) is 3.80. The number of hydrogen-bond donors (Lipinski definition) is 2. The van der Waals surface area contributed by atoms with Gasteiger partial charge in [0, 0.05) is 36.9 Å². The first-order valence-electron chi connectivity index (χ1n) is 11.4. The van der Waals surface area contributed by atoms with Crippen LogP contribution in [0.5, 0.6) is 11.5 Å². The highest BCUT2D eigenvalue weighted by Gasteiger charge is 2.15. The van der Waals surface area contributed by atoms with Crippen LogP contribution < -0.4 is 15.4 Å². The molecule has 0 unspecified atom stereocenters. The van der Waals surface area contributed by atoms with Crippen molar-refractivity contribution in [2.75, 3.05) is 12.4 Å². The van der Waals surface area contributed by atoms with Crippen molar-refractivity contribution in [2.24, 2.45) is 0 Å². The third-order valence-electron chi connectivity index (χ3n) is 5.54. The van der Waals surface area contributed by atoms with Gasteiger partial charge in [-0.15, -0.1) is 6.58 Å². The molecule has 36 heavy (non-hydrogen) atoms. The molecule has 9 heteroatoms. The van der Waals surface area contributed by atoms with Gasteiger partial charge in [-0.25, -0.2) is 0 Å². The minimum Gasteiger partial charge on any atom is -0.455 e. The molecule has 0 aliphatic rings. The molecule has 0 bridgehead atoms. The molecule has 0 radical (unpaired) electrons. The van der Waals surface area contributed by atoms with Crippen LogP contribution in [0.2, 0.25) is 5.02 Å². The summed E-state index contributed by atoms with van der Waals surface area (Å²) in [7, 11) is 1.58. The summed E-state index contributed by atoms with van der Waals surface area (Å²) in [6, 6.07) is 10.5. The van der Waals surface area contributed by atoms with Crippen LogP contribution in [0.25, 0.3) is 10.9 Å². The third-order valence-corrected chi connectivity index (χ3v) is 5.82. The SMILES string of the molecule is C=CCCn1cc(NC(=O)Cc2cc(C)c(Oc3ccnc4ccc(C(=O)NC)cc34)c(Cl)c2)cn1. The zero-order valence-electron chi connectivity index (χ0n) is 20.0. The maximum Gasteiger partial charge on any atom is 0.251 e. The summed E-state index contributed by atoms with van der Waals surface area (Å²) >= 11 is 6.58. The van der Waals surface area contributed by atoms with E-state index in [2.05, 4.69) is 27.3 Å². The number of halogens is 1. The number of carbonyl (C=O) groups excluding carboxylic acids is 2. The molecule has 0 aliphatic heterocycles. The summed E-state index contributed by atoms with van der Waals surface area (Å²) in [6.07, 6.45) is 7.80. The van der Waals surface area contributed by atoms with Crippen molar-refractivity contribution in [3.05, 3.63) is 89.4 Å². The molecule has 0 saturated heterocycles. The second-order valence-electron chi connectivity index (χ2n) is 8.24. The van der Waals surface area contributed by atoms with Gasteiger partial charge in [0.1, 0.15) is 11.5 Å². The Morgan fingerprint density at radius 2 is 2.06 bits per heavy atom. The van der Waals surface area contributed by atoms with Crippen molar-refractivity contribution in [1.29, 1.82) is 0 Å². The lowest BCUT2D eigenvalue weighted by Crippen LogP contribution is -2.17. The van der Waals surface area contributed by atoms with Gasteiger partial charge in [-0.05, 0) is 54.8 Å². The number of aryl methyl sites for hydroxylation is 2. The molecule has 2 aromatic carbocycles. The Morgan fingerprint density at radius 1 is 1.22 bits per heavy atom. The van der Waals surface area contributed by atoms with Gasteiger partial charge in [-0.3, -0.25) is 19.3 Å². The summed E-state index contributed by atoms with van der Waals surface area (Å²) in [5.41, 5.74) is 3.35. The minimum atomic E-state index is -0.201. The number of ether oxygens (including phenoxy) is 1. The molecular formula is C27H26ClN5O3. The van der Waals surface area contributed by atoms with Crippen molar-refractivity contribution in [3.8, 4) is 11.5 Å².